The minimum absolute atomic E-state index is 0.149. The zero-order valence-electron chi connectivity index (χ0n) is 14.6. The number of benzene rings is 2. The highest BCUT2D eigenvalue weighted by Gasteiger charge is 2.14. The number of ether oxygens (including phenoxy) is 5. The van der Waals surface area contributed by atoms with Crippen molar-refractivity contribution in [3.63, 3.8) is 0 Å². The van der Waals surface area contributed by atoms with Crippen LogP contribution in [-0.4, -0.2) is 41.0 Å². The van der Waals surface area contributed by atoms with Gasteiger partial charge in [0.25, 0.3) is 5.91 Å². The molecule has 0 saturated carbocycles. The van der Waals surface area contributed by atoms with E-state index in [4.69, 9.17) is 23.7 Å². The van der Waals surface area contributed by atoms with E-state index in [1.165, 1.54) is 21.3 Å². The van der Waals surface area contributed by atoms with Crippen LogP contribution in [0.3, 0.4) is 0 Å². The first-order valence-electron chi connectivity index (χ1n) is 7.48. The molecule has 0 atom stereocenters. The van der Waals surface area contributed by atoms with E-state index in [0.29, 0.717) is 34.4 Å². The highest BCUT2D eigenvalue weighted by molar-refractivity contribution is 5.92. The monoisotopic (exact) mass is 347 g/mol. The van der Waals surface area contributed by atoms with Gasteiger partial charge in [-0.05, 0) is 12.1 Å². The van der Waals surface area contributed by atoms with Crippen molar-refractivity contribution in [2.45, 2.75) is 0 Å². The second-order valence-electron chi connectivity index (χ2n) is 4.93. The van der Waals surface area contributed by atoms with Crippen molar-refractivity contribution >= 4 is 11.6 Å². The summed E-state index contributed by atoms with van der Waals surface area (Å²) >= 11 is 0. The Bertz CT molecular complexity index is 706. The van der Waals surface area contributed by atoms with E-state index in [2.05, 4.69) is 5.32 Å². The van der Waals surface area contributed by atoms with E-state index in [1.807, 2.05) is 0 Å². The molecule has 0 aromatic heterocycles. The summed E-state index contributed by atoms with van der Waals surface area (Å²) in [6.07, 6.45) is 0. The fourth-order valence-corrected chi connectivity index (χ4v) is 2.19. The van der Waals surface area contributed by atoms with Crippen LogP contribution in [0.25, 0.3) is 0 Å². The van der Waals surface area contributed by atoms with Gasteiger partial charge in [-0.2, -0.15) is 0 Å². The van der Waals surface area contributed by atoms with Gasteiger partial charge in [-0.15, -0.1) is 0 Å². The van der Waals surface area contributed by atoms with Gasteiger partial charge in [-0.3, -0.25) is 4.79 Å². The van der Waals surface area contributed by atoms with Crippen molar-refractivity contribution in [2.75, 3.05) is 40.4 Å². The number of amides is 1. The first kappa shape index (κ1) is 18.3. The van der Waals surface area contributed by atoms with Gasteiger partial charge in [-0.1, -0.05) is 6.07 Å². The van der Waals surface area contributed by atoms with Gasteiger partial charge in [0.1, 0.15) is 11.5 Å². The number of methoxy groups -OCH3 is 4. The lowest BCUT2D eigenvalue weighted by molar-refractivity contribution is -0.118. The van der Waals surface area contributed by atoms with Crippen molar-refractivity contribution in [3.8, 4) is 28.7 Å². The second kappa shape index (κ2) is 8.68. The molecule has 0 saturated heterocycles. The molecule has 0 aliphatic heterocycles. The first-order chi connectivity index (χ1) is 12.1. The van der Waals surface area contributed by atoms with Crippen molar-refractivity contribution in [1.82, 2.24) is 0 Å². The van der Waals surface area contributed by atoms with Crippen molar-refractivity contribution in [3.05, 3.63) is 36.4 Å². The molecular formula is C18H21NO6. The van der Waals surface area contributed by atoms with E-state index < -0.39 is 0 Å². The molecule has 0 bridgehead atoms. The van der Waals surface area contributed by atoms with Gasteiger partial charge in [0, 0.05) is 23.9 Å². The Hall–Kier alpha value is -3.09. The van der Waals surface area contributed by atoms with Gasteiger partial charge in [0.15, 0.2) is 18.1 Å². The normalized spacial score (nSPS) is 9.92. The quantitative estimate of drug-likeness (QED) is 0.791. The molecule has 0 spiro atoms. The Morgan fingerprint density at radius 3 is 2.08 bits per heavy atom. The zero-order chi connectivity index (χ0) is 18.2. The third-order valence-corrected chi connectivity index (χ3v) is 3.36. The maximum Gasteiger partial charge on any atom is 0.262 e. The molecule has 0 aliphatic rings. The largest absolute Gasteiger partial charge is 0.497 e. The smallest absolute Gasteiger partial charge is 0.262 e. The van der Waals surface area contributed by atoms with Crippen LogP contribution in [0, 0.1) is 0 Å². The molecule has 134 valence electrons. The molecule has 25 heavy (non-hydrogen) atoms. The molecule has 0 unspecified atom stereocenters. The highest BCUT2D eigenvalue weighted by atomic mass is 16.5. The molecule has 0 fully saturated rings. The Balaban J connectivity index is 2.04. The Kier molecular flexibility index (Phi) is 6.33. The van der Waals surface area contributed by atoms with Crippen molar-refractivity contribution in [1.29, 1.82) is 0 Å². The molecule has 0 heterocycles. The van der Waals surface area contributed by atoms with E-state index in [0.717, 1.165) is 0 Å². The lowest BCUT2D eigenvalue weighted by Gasteiger charge is -2.14. The summed E-state index contributed by atoms with van der Waals surface area (Å²) in [5.74, 6) is 2.23. The summed E-state index contributed by atoms with van der Waals surface area (Å²) in [7, 11) is 6.10. The molecule has 7 nitrogen and oxygen atoms in total. The molecule has 1 N–H and O–H groups in total. The van der Waals surface area contributed by atoms with Crippen LogP contribution in [-0.2, 0) is 4.79 Å². The summed E-state index contributed by atoms with van der Waals surface area (Å²) < 4.78 is 26.3. The van der Waals surface area contributed by atoms with Crippen LogP contribution >= 0.6 is 0 Å². The van der Waals surface area contributed by atoms with Gasteiger partial charge in [0.2, 0.25) is 5.75 Å². The molecule has 2 aromatic rings. The number of rotatable bonds is 8. The van der Waals surface area contributed by atoms with Gasteiger partial charge < -0.3 is 29.0 Å². The van der Waals surface area contributed by atoms with Crippen molar-refractivity contribution in [2.24, 2.45) is 0 Å². The molecule has 2 aromatic carbocycles. The molecule has 0 radical (unpaired) electrons. The molecule has 7 heteroatoms. The average molecular weight is 347 g/mol. The van der Waals surface area contributed by atoms with Crippen LogP contribution in [0.15, 0.2) is 36.4 Å². The fourth-order valence-electron chi connectivity index (χ4n) is 2.19. The number of anilines is 1. The summed E-state index contributed by atoms with van der Waals surface area (Å²) in [6, 6.07) is 10.3. The van der Waals surface area contributed by atoms with Gasteiger partial charge >= 0.3 is 0 Å². The maximum absolute atomic E-state index is 12.1. The van der Waals surface area contributed by atoms with Crippen LogP contribution in [0.5, 0.6) is 28.7 Å². The van der Waals surface area contributed by atoms with Gasteiger partial charge in [-0.25, -0.2) is 0 Å². The summed E-state index contributed by atoms with van der Waals surface area (Å²) in [5.41, 5.74) is 0.508. The maximum atomic E-state index is 12.1. The van der Waals surface area contributed by atoms with Gasteiger partial charge in [0.05, 0.1) is 28.4 Å². The zero-order valence-corrected chi connectivity index (χ0v) is 14.6. The van der Waals surface area contributed by atoms with Crippen LogP contribution < -0.4 is 29.0 Å². The van der Waals surface area contributed by atoms with E-state index in [-0.39, 0.29) is 12.5 Å². The molecule has 2 rings (SSSR count). The Labute approximate surface area is 146 Å². The van der Waals surface area contributed by atoms with E-state index >= 15 is 0 Å². The molecular weight excluding hydrogens is 326 g/mol. The fraction of sp³-hybridized carbons (Fsp3) is 0.278. The third kappa shape index (κ3) is 4.69. The standard InChI is InChI=1S/C18H21NO6/c1-21-13-6-5-7-14(10-13)25-11-17(20)19-12-8-15(22-2)18(24-4)16(9-12)23-3/h5-10H,11H2,1-4H3,(H,19,20). The van der Waals surface area contributed by atoms with Crippen LogP contribution in [0.2, 0.25) is 0 Å². The molecule has 0 aliphatic carbocycles. The topological polar surface area (TPSA) is 75.3 Å². The lowest BCUT2D eigenvalue weighted by atomic mass is 10.2. The highest BCUT2D eigenvalue weighted by Crippen LogP contribution is 2.39. The molecule has 1 amide bonds. The number of carbonyl (C=O) groups excluding carboxylic acids is 1. The minimum atomic E-state index is -0.322. The Morgan fingerprint density at radius 1 is 0.880 bits per heavy atom. The van der Waals surface area contributed by atoms with Crippen molar-refractivity contribution < 1.29 is 28.5 Å². The van der Waals surface area contributed by atoms with E-state index in [1.54, 1.807) is 43.5 Å². The predicted octanol–water partition coefficient (Wildman–Crippen LogP) is 2.74. The summed E-state index contributed by atoms with van der Waals surface area (Å²) in [6.45, 7) is -0.149. The number of hydrogen-bond donors (Lipinski definition) is 1. The second-order valence-corrected chi connectivity index (χ2v) is 4.93. The Morgan fingerprint density at radius 2 is 1.52 bits per heavy atom. The van der Waals surface area contributed by atoms with E-state index in [9.17, 15) is 4.79 Å². The van der Waals surface area contributed by atoms with Crippen LogP contribution in [0.4, 0.5) is 5.69 Å². The minimum Gasteiger partial charge on any atom is -0.497 e. The first-order valence-corrected chi connectivity index (χ1v) is 7.48. The summed E-state index contributed by atoms with van der Waals surface area (Å²) in [5, 5.41) is 2.73. The average Bonchev–Trinajstić information content (AvgIpc) is 2.65. The van der Waals surface area contributed by atoms with Crippen LogP contribution in [0.1, 0.15) is 0 Å². The SMILES string of the molecule is COc1cccc(OCC(=O)Nc2cc(OC)c(OC)c(OC)c2)c1. The summed E-state index contributed by atoms with van der Waals surface area (Å²) in [4.78, 5) is 12.1. The number of hydrogen-bond acceptors (Lipinski definition) is 6. The number of nitrogens with one attached hydrogen (secondary N) is 1. The number of carbonyl (C=O) groups is 1. The third-order valence-electron chi connectivity index (χ3n) is 3.36. The lowest BCUT2D eigenvalue weighted by Crippen LogP contribution is -2.20. The predicted molar refractivity (Wildman–Crippen MR) is 93.2 cm³/mol.